The van der Waals surface area contributed by atoms with Crippen LogP contribution < -0.4 is 9.64 Å². The van der Waals surface area contributed by atoms with Crippen LogP contribution in [0.1, 0.15) is 55.6 Å². The highest BCUT2D eigenvalue weighted by atomic mass is 16.5. The van der Waals surface area contributed by atoms with Crippen molar-refractivity contribution >= 4 is 11.8 Å². The van der Waals surface area contributed by atoms with E-state index in [0.29, 0.717) is 12.4 Å². The van der Waals surface area contributed by atoms with Crippen molar-refractivity contribution in [1.82, 2.24) is 9.80 Å². The predicted molar refractivity (Wildman–Crippen MR) is 138 cm³/mol. The summed E-state index contributed by atoms with van der Waals surface area (Å²) >= 11 is 0. The van der Waals surface area contributed by atoms with E-state index in [4.69, 9.17) is 13.9 Å². The summed E-state index contributed by atoms with van der Waals surface area (Å²) in [6.07, 6.45) is 5.02. The third-order valence-electron chi connectivity index (χ3n) is 7.95. The number of amides is 2. The van der Waals surface area contributed by atoms with Crippen molar-refractivity contribution in [2.45, 2.75) is 57.8 Å². The first-order chi connectivity index (χ1) is 17.9. The number of ether oxygens (including phenoxy) is 2. The van der Waals surface area contributed by atoms with E-state index >= 15 is 0 Å². The molecule has 0 radical (unpaired) electrons. The molecule has 3 fully saturated rings. The molecule has 5 rings (SSSR count). The second kappa shape index (κ2) is 11.3. The molecule has 0 bridgehead atoms. The molecular weight excluding hydrogens is 470 g/mol. The molecular formula is C29H40N3O5+. The van der Waals surface area contributed by atoms with Gasteiger partial charge in [0.2, 0.25) is 5.91 Å². The maximum absolute atomic E-state index is 13.1. The highest BCUT2D eigenvalue weighted by Crippen LogP contribution is 2.31. The number of rotatable bonds is 6. The first-order valence-corrected chi connectivity index (χ1v) is 13.7. The van der Waals surface area contributed by atoms with Crippen LogP contribution in [0.2, 0.25) is 0 Å². The normalized spacial score (nSPS) is 23.1. The monoisotopic (exact) mass is 510 g/mol. The molecule has 1 aromatic carbocycles. The van der Waals surface area contributed by atoms with E-state index in [9.17, 15) is 9.59 Å². The maximum atomic E-state index is 13.1. The Bertz CT molecular complexity index is 1050. The minimum Gasteiger partial charge on any atom is -0.490 e. The number of likely N-dealkylation sites (tertiary alicyclic amines) is 1. The Kier molecular flexibility index (Phi) is 7.86. The third kappa shape index (κ3) is 6.54. The first kappa shape index (κ1) is 25.8. The lowest BCUT2D eigenvalue weighted by Crippen LogP contribution is -3.13. The predicted octanol–water partition coefficient (Wildman–Crippen LogP) is 2.40. The number of carbonyl (C=O) groups excluding carboxylic acids is 2. The lowest BCUT2D eigenvalue weighted by Gasteiger charge is -2.39. The number of quaternary nitrogens is 1. The maximum Gasteiger partial charge on any atom is 0.289 e. The molecule has 4 heterocycles. The van der Waals surface area contributed by atoms with Gasteiger partial charge in [-0.3, -0.25) is 9.59 Å². The standard InChI is InChI=1S/C29H39N3O5/c1-29(2)20-23(10-18-36-29)27(33)31-11-8-24(9-12-31)37-25-6-3-5-22(19-25)21-30-13-15-32(16-14-30)28(34)26-7-4-17-35-26/h3-7,17,19,23-24H,8-16,18,20-21H2,1-2H3/p+1. The van der Waals surface area contributed by atoms with E-state index in [-0.39, 0.29) is 29.4 Å². The van der Waals surface area contributed by atoms with Crippen molar-refractivity contribution in [3.05, 3.63) is 54.0 Å². The van der Waals surface area contributed by atoms with Crippen molar-refractivity contribution < 1.29 is 28.4 Å². The van der Waals surface area contributed by atoms with E-state index in [1.54, 1.807) is 18.4 Å². The van der Waals surface area contributed by atoms with Gasteiger partial charge in [0.1, 0.15) is 18.4 Å². The minimum absolute atomic E-state index is 0.0243. The van der Waals surface area contributed by atoms with Gasteiger partial charge in [-0.15, -0.1) is 0 Å². The van der Waals surface area contributed by atoms with Gasteiger partial charge in [-0.1, -0.05) is 12.1 Å². The van der Waals surface area contributed by atoms with E-state index in [1.807, 2.05) is 15.9 Å². The van der Waals surface area contributed by atoms with Crippen molar-refractivity contribution in [3.63, 3.8) is 0 Å². The van der Waals surface area contributed by atoms with Gasteiger partial charge in [-0.2, -0.15) is 0 Å². The molecule has 0 spiro atoms. The van der Waals surface area contributed by atoms with Gasteiger partial charge in [0.25, 0.3) is 5.91 Å². The lowest BCUT2D eigenvalue weighted by atomic mass is 9.87. The quantitative estimate of drug-likeness (QED) is 0.646. The second-order valence-corrected chi connectivity index (χ2v) is 11.3. The lowest BCUT2D eigenvalue weighted by molar-refractivity contribution is -0.917. The van der Waals surface area contributed by atoms with Crippen molar-refractivity contribution in [2.75, 3.05) is 45.9 Å². The first-order valence-electron chi connectivity index (χ1n) is 13.7. The summed E-state index contributed by atoms with van der Waals surface area (Å²) in [5, 5.41) is 0. The highest BCUT2D eigenvalue weighted by Gasteiger charge is 2.36. The van der Waals surface area contributed by atoms with Crippen LogP contribution in [0.5, 0.6) is 5.75 Å². The van der Waals surface area contributed by atoms with E-state index < -0.39 is 0 Å². The Morgan fingerprint density at radius 2 is 1.81 bits per heavy atom. The number of furan rings is 1. The number of hydrogen-bond acceptors (Lipinski definition) is 5. The Hall–Kier alpha value is -2.84. The summed E-state index contributed by atoms with van der Waals surface area (Å²) in [4.78, 5) is 30.9. The summed E-state index contributed by atoms with van der Waals surface area (Å²) < 4.78 is 17.4. The highest BCUT2D eigenvalue weighted by molar-refractivity contribution is 5.91. The number of nitrogens with one attached hydrogen (secondary N) is 1. The molecule has 3 aliphatic heterocycles. The molecule has 2 aromatic rings. The Morgan fingerprint density at radius 3 is 2.51 bits per heavy atom. The zero-order valence-corrected chi connectivity index (χ0v) is 22.1. The summed E-state index contributed by atoms with van der Waals surface area (Å²) in [5.41, 5.74) is 1.03. The van der Waals surface area contributed by atoms with E-state index in [1.165, 1.54) is 10.5 Å². The molecule has 200 valence electrons. The fourth-order valence-corrected chi connectivity index (χ4v) is 5.86. The van der Waals surface area contributed by atoms with Crippen LogP contribution in [0.25, 0.3) is 0 Å². The molecule has 1 N–H and O–H groups in total. The Morgan fingerprint density at radius 1 is 1.03 bits per heavy atom. The smallest absolute Gasteiger partial charge is 0.289 e. The summed E-state index contributed by atoms with van der Waals surface area (Å²) in [7, 11) is 0. The summed E-state index contributed by atoms with van der Waals surface area (Å²) in [6.45, 7) is 10.5. The molecule has 3 aliphatic rings. The topological polar surface area (TPSA) is 76.7 Å². The Labute approximate surface area is 219 Å². The number of hydrogen-bond donors (Lipinski definition) is 1. The largest absolute Gasteiger partial charge is 0.490 e. The fraction of sp³-hybridized carbons (Fsp3) is 0.586. The molecule has 8 nitrogen and oxygen atoms in total. The Balaban J connectivity index is 1.07. The number of piperidine rings is 1. The average molecular weight is 511 g/mol. The van der Waals surface area contributed by atoms with Crippen LogP contribution in [0.4, 0.5) is 0 Å². The van der Waals surface area contributed by atoms with E-state index in [0.717, 1.165) is 77.2 Å². The zero-order chi connectivity index (χ0) is 25.8. The molecule has 37 heavy (non-hydrogen) atoms. The summed E-state index contributed by atoms with van der Waals surface area (Å²) in [6, 6.07) is 11.9. The number of nitrogens with zero attached hydrogens (tertiary/aromatic N) is 2. The number of benzene rings is 1. The van der Waals surface area contributed by atoms with Crippen molar-refractivity contribution in [2.24, 2.45) is 5.92 Å². The van der Waals surface area contributed by atoms with Crippen molar-refractivity contribution in [1.29, 1.82) is 0 Å². The van der Waals surface area contributed by atoms with Crippen LogP contribution in [0.3, 0.4) is 0 Å². The van der Waals surface area contributed by atoms with E-state index in [2.05, 4.69) is 32.0 Å². The van der Waals surface area contributed by atoms with Gasteiger partial charge < -0.3 is 28.6 Å². The molecule has 1 atom stereocenters. The third-order valence-corrected chi connectivity index (χ3v) is 7.95. The molecule has 8 heteroatoms. The molecule has 3 saturated heterocycles. The van der Waals surface area contributed by atoms with Gasteiger partial charge >= 0.3 is 0 Å². The van der Waals surface area contributed by atoms with Crippen molar-refractivity contribution in [3.8, 4) is 5.75 Å². The van der Waals surface area contributed by atoms with Crippen LogP contribution in [-0.2, 0) is 16.1 Å². The second-order valence-electron chi connectivity index (χ2n) is 11.3. The summed E-state index contributed by atoms with van der Waals surface area (Å²) in [5.74, 6) is 1.65. The number of piperazine rings is 1. The zero-order valence-electron chi connectivity index (χ0n) is 22.1. The minimum atomic E-state index is -0.211. The van der Waals surface area contributed by atoms with Gasteiger partial charge in [-0.05, 0) is 51.0 Å². The van der Waals surface area contributed by atoms with Gasteiger partial charge in [0, 0.05) is 44.0 Å². The number of carbonyl (C=O) groups is 2. The SMILES string of the molecule is CC1(C)CC(C(=O)N2CCC(Oc3cccc(C[NH+]4CCN(C(=O)c5ccco5)CC4)c3)CC2)CCO1. The molecule has 0 saturated carbocycles. The molecule has 2 amide bonds. The molecule has 1 aromatic heterocycles. The fourth-order valence-electron chi connectivity index (χ4n) is 5.86. The van der Waals surface area contributed by atoms with Crippen LogP contribution in [-0.4, -0.2) is 79.2 Å². The molecule has 1 unspecified atom stereocenters. The van der Waals surface area contributed by atoms with Crippen LogP contribution in [0, 0.1) is 5.92 Å². The van der Waals surface area contributed by atoms with Crippen LogP contribution >= 0.6 is 0 Å². The van der Waals surface area contributed by atoms with Gasteiger partial charge in [0.15, 0.2) is 5.76 Å². The van der Waals surface area contributed by atoms with Gasteiger partial charge in [-0.25, -0.2) is 0 Å². The van der Waals surface area contributed by atoms with Gasteiger partial charge in [0.05, 0.1) is 38.0 Å². The van der Waals surface area contributed by atoms with Crippen LogP contribution in [0.15, 0.2) is 47.1 Å². The average Bonchev–Trinajstić information content (AvgIpc) is 3.44. The molecule has 0 aliphatic carbocycles.